The maximum atomic E-state index is 14.8. The van der Waals surface area contributed by atoms with Crippen LogP contribution in [0.2, 0.25) is 0 Å². The van der Waals surface area contributed by atoms with Gasteiger partial charge < -0.3 is 15.4 Å². The zero-order valence-corrected chi connectivity index (χ0v) is 20.9. The summed E-state index contributed by atoms with van der Waals surface area (Å²) in [7, 11) is 1.41. The van der Waals surface area contributed by atoms with E-state index in [2.05, 4.69) is 9.88 Å². The van der Waals surface area contributed by atoms with E-state index in [1.807, 2.05) is 16.7 Å². The van der Waals surface area contributed by atoms with Gasteiger partial charge >= 0.3 is 0 Å². The summed E-state index contributed by atoms with van der Waals surface area (Å²) in [5, 5.41) is 9.21. The van der Waals surface area contributed by atoms with Gasteiger partial charge in [-0.05, 0) is 55.0 Å². The van der Waals surface area contributed by atoms with Crippen LogP contribution in [0, 0.1) is 28.9 Å². The van der Waals surface area contributed by atoms with Crippen LogP contribution in [0.4, 0.5) is 14.7 Å². The Kier molecular flexibility index (Phi) is 6.48. The Balaban J connectivity index is 0.00000280. The van der Waals surface area contributed by atoms with Crippen LogP contribution in [-0.2, 0) is 0 Å². The quantitative estimate of drug-likeness (QED) is 0.407. The number of hydrogen-bond acceptors (Lipinski definition) is 6. The molecule has 7 nitrogen and oxygen atoms in total. The molecule has 4 heterocycles. The molecule has 3 atom stereocenters. The molecule has 1 saturated carbocycles. The molecule has 3 aliphatic rings. The third-order valence-electron chi connectivity index (χ3n) is 7.48. The maximum absolute atomic E-state index is 14.8. The minimum atomic E-state index is -0.642. The fourth-order valence-corrected chi connectivity index (χ4v) is 5.62. The fourth-order valence-electron chi connectivity index (χ4n) is 5.62. The molecule has 0 amide bonds. The molecule has 37 heavy (non-hydrogen) atoms. The zero-order valence-electron chi connectivity index (χ0n) is 20.1. The molecule has 2 aromatic carbocycles. The van der Waals surface area contributed by atoms with Crippen LogP contribution in [0.1, 0.15) is 24.8 Å². The zero-order chi connectivity index (χ0) is 25.0. The predicted molar refractivity (Wildman–Crippen MR) is 139 cm³/mol. The van der Waals surface area contributed by atoms with Crippen molar-refractivity contribution in [2.45, 2.75) is 31.3 Å². The van der Waals surface area contributed by atoms with Gasteiger partial charge in [-0.15, -0.1) is 12.4 Å². The molecule has 3 fully saturated rings. The van der Waals surface area contributed by atoms with Crippen molar-refractivity contribution in [3.05, 3.63) is 66.0 Å². The first-order valence-electron chi connectivity index (χ1n) is 11.9. The lowest BCUT2D eigenvalue weighted by Crippen LogP contribution is -2.57. The van der Waals surface area contributed by atoms with Crippen LogP contribution in [-0.4, -0.2) is 40.1 Å². The summed E-state index contributed by atoms with van der Waals surface area (Å²) in [4.78, 5) is 11.9. The van der Waals surface area contributed by atoms with Crippen LogP contribution < -0.4 is 15.4 Å². The van der Waals surface area contributed by atoms with Gasteiger partial charge in [0, 0.05) is 36.6 Å². The number of anilines is 1. The van der Waals surface area contributed by atoms with Gasteiger partial charge in [0.1, 0.15) is 17.5 Å². The number of nitrogens with zero attached hydrogens (tertiary/aromatic N) is 5. The van der Waals surface area contributed by atoms with Gasteiger partial charge in [0.15, 0.2) is 11.6 Å². The van der Waals surface area contributed by atoms with Crippen LogP contribution in [0.25, 0.3) is 28.0 Å². The number of nitrogens with two attached hydrogens (primary N) is 1. The van der Waals surface area contributed by atoms with Crippen molar-refractivity contribution in [3.63, 3.8) is 0 Å². The van der Waals surface area contributed by atoms with Crippen molar-refractivity contribution in [1.82, 2.24) is 14.4 Å². The molecule has 4 aromatic rings. The van der Waals surface area contributed by atoms with Crippen molar-refractivity contribution in [2.75, 3.05) is 18.6 Å². The summed E-state index contributed by atoms with van der Waals surface area (Å²) in [5.74, 6) is 0.0250. The van der Waals surface area contributed by atoms with E-state index in [1.54, 1.807) is 24.4 Å². The molecule has 2 aliphatic heterocycles. The minimum Gasteiger partial charge on any atom is -0.494 e. The van der Waals surface area contributed by atoms with E-state index >= 15 is 0 Å². The Bertz CT molecular complexity index is 1530. The van der Waals surface area contributed by atoms with E-state index < -0.39 is 11.6 Å². The maximum Gasteiger partial charge on any atom is 0.212 e. The Morgan fingerprint density at radius 1 is 1.11 bits per heavy atom. The number of halogens is 3. The molecule has 2 N–H and O–H groups in total. The number of nitriles is 1. The fraction of sp³-hybridized carbons (Fsp3) is 0.296. The first kappa shape index (κ1) is 24.9. The Morgan fingerprint density at radius 3 is 2.54 bits per heavy atom. The van der Waals surface area contributed by atoms with Crippen LogP contribution in [0.3, 0.4) is 0 Å². The molecule has 2 bridgehead atoms. The smallest absolute Gasteiger partial charge is 0.212 e. The molecule has 190 valence electrons. The van der Waals surface area contributed by atoms with E-state index in [4.69, 9.17) is 15.5 Å². The van der Waals surface area contributed by atoms with Crippen LogP contribution in [0.15, 0.2) is 48.8 Å². The third kappa shape index (κ3) is 4.06. The molecule has 0 spiro atoms. The van der Waals surface area contributed by atoms with Crippen molar-refractivity contribution in [3.8, 4) is 34.2 Å². The summed E-state index contributed by atoms with van der Waals surface area (Å²) < 4.78 is 36.5. The van der Waals surface area contributed by atoms with E-state index in [-0.39, 0.29) is 35.8 Å². The average Bonchev–Trinajstić information content (AvgIpc) is 3.38. The lowest BCUT2D eigenvalue weighted by Gasteiger charge is -2.49. The van der Waals surface area contributed by atoms with Gasteiger partial charge in [-0.3, -0.25) is 4.40 Å². The SMILES string of the molecule is COc1ccc(-c2c(-c3ccc(C#N)c(F)c3)nc(N3CC4CCC3CC4N)n3ccnc23)cc1F.Cl. The number of benzene rings is 2. The van der Waals surface area contributed by atoms with E-state index in [0.29, 0.717) is 39.9 Å². The van der Waals surface area contributed by atoms with Gasteiger partial charge in [0.2, 0.25) is 5.95 Å². The van der Waals surface area contributed by atoms with Crippen molar-refractivity contribution >= 4 is 24.0 Å². The normalized spacial score (nSPS) is 20.5. The van der Waals surface area contributed by atoms with Crippen LogP contribution >= 0.6 is 12.4 Å². The van der Waals surface area contributed by atoms with E-state index in [1.165, 1.54) is 25.3 Å². The first-order chi connectivity index (χ1) is 17.5. The first-order valence-corrected chi connectivity index (χ1v) is 11.9. The summed E-state index contributed by atoms with van der Waals surface area (Å²) >= 11 is 0. The van der Waals surface area contributed by atoms with Crippen LogP contribution in [0.5, 0.6) is 5.75 Å². The molecule has 2 aromatic heterocycles. The molecule has 10 heteroatoms. The van der Waals surface area contributed by atoms with Gasteiger partial charge in [0.05, 0.1) is 23.9 Å². The topological polar surface area (TPSA) is 92.5 Å². The van der Waals surface area contributed by atoms with Crippen molar-refractivity contribution in [2.24, 2.45) is 11.7 Å². The number of fused-ring (bicyclic) bond motifs is 4. The average molecular weight is 523 g/mol. The monoisotopic (exact) mass is 522 g/mol. The molecule has 3 unspecified atom stereocenters. The number of piperidine rings is 2. The highest BCUT2D eigenvalue weighted by atomic mass is 35.5. The number of aromatic nitrogens is 3. The highest BCUT2D eigenvalue weighted by molar-refractivity contribution is 5.91. The second-order valence-corrected chi connectivity index (χ2v) is 9.46. The largest absolute Gasteiger partial charge is 0.494 e. The predicted octanol–water partition coefficient (Wildman–Crippen LogP) is 4.96. The highest BCUT2D eigenvalue weighted by Gasteiger charge is 2.40. The Morgan fingerprint density at radius 2 is 1.89 bits per heavy atom. The number of methoxy groups -OCH3 is 1. The summed E-state index contributed by atoms with van der Waals surface area (Å²) in [5.41, 5.74) is 8.93. The lowest BCUT2D eigenvalue weighted by molar-refractivity contribution is 0.214. The van der Waals surface area contributed by atoms with Gasteiger partial charge in [-0.1, -0.05) is 12.1 Å². The van der Waals surface area contributed by atoms with Crippen molar-refractivity contribution in [1.29, 1.82) is 5.26 Å². The third-order valence-corrected chi connectivity index (χ3v) is 7.48. The number of imidazole rings is 1. The minimum absolute atomic E-state index is 0. The standard InChI is InChI=1S/C27H24F2N6O.ClH/c1-36-23-7-5-15(10-21(23)29)24-25(16-2-3-17(13-30)20(28)11-16)33-27(34-9-8-32-26(24)34)35-14-18-4-6-19(35)12-22(18)31;/h2-3,5,7-11,18-19,22H,4,6,12,14,31H2,1H3;1H. The molecule has 0 radical (unpaired) electrons. The second-order valence-electron chi connectivity index (χ2n) is 9.46. The number of hydrogen-bond donors (Lipinski definition) is 1. The summed E-state index contributed by atoms with van der Waals surface area (Å²) in [6, 6.07) is 11.3. The Labute approximate surface area is 218 Å². The molecular formula is C27H25ClF2N6O. The van der Waals surface area contributed by atoms with Gasteiger partial charge in [0.25, 0.3) is 0 Å². The molecule has 7 rings (SSSR count). The summed E-state index contributed by atoms with van der Waals surface area (Å²) in [6.45, 7) is 0.782. The Hall–Kier alpha value is -3.74. The van der Waals surface area contributed by atoms with E-state index in [9.17, 15) is 14.0 Å². The lowest BCUT2D eigenvalue weighted by atomic mass is 9.77. The highest BCUT2D eigenvalue weighted by Crippen LogP contribution is 2.41. The number of ether oxygens (including phenoxy) is 1. The van der Waals surface area contributed by atoms with Gasteiger partial charge in [-0.25, -0.2) is 18.7 Å². The molecule has 1 aliphatic carbocycles. The molecular weight excluding hydrogens is 498 g/mol. The van der Waals surface area contributed by atoms with Crippen molar-refractivity contribution < 1.29 is 13.5 Å². The molecule has 2 saturated heterocycles. The van der Waals surface area contributed by atoms with Gasteiger partial charge in [-0.2, -0.15) is 5.26 Å². The van der Waals surface area contributed by atoms with E-state index in [0.717, 1.165) is 25.8 Å². The number of rotatable bonds is 4. The summed E-state index contributed by atoms with van der Waals surface area (Å²) in [6.07, 6.45) is 6.52. The second kappa shape index (κ2) is 9.61.